The fourth-order valence-electron chi connectivity index (χ4n) is 8.75. The summed E-state index contributed by atoms with van der Waals surface area (Å²) in [6, 6.07) is 62.0. The van der Waals surface area contributed by atoms with Crippen molar-refractivity contribution in [2.75, 3.05) is 0 Å². The van der Waals surface area contributed by atoms with Gasteiger partial charge in [-0.05, 0) is 79.5 Å². The van der Waals surface area contributed by atoms with Crippen molar-refractivity contribution < 1.29 is 4.42 Å². The molecule has 4 heteroatoms. The highest BCUT2D eigenvalue weighted by molar-refractivity contribution is 6.09. The molecule has 1 aliphatic rings. The summed E-state index contributed by atoms with van der Waals surface area (Å²) in [5.74, 6) is 1.79. The van der Waals surface area contributed by atoms with Crippen molar-refractivity contribution in [2.24, 2.45) is 0 Å². The fraction of sp³-hybridized carbons (Fsp3) is 0.0577. The van der Waals surface area contributed by atoms with E-state index < -0.39 is 0 Å². The lowest BCUT2D eigenvalue weighted by atomic mass is 9.80. The van der Waals surface area contributed by atoms with Gasteiger partial charge in [-0.15, -0.1) is 0 Å². The quantitative estimate of drug-likeness (QED) is 0.178. The van der Waals surface area contributed by atoms with Crippen LogP contribution in [-0.2, 0) is 5.41 Å². The second-order valence-electron chi connectivity index (χ2n) is 15.2. The Balaban J connectivity index is 0.970. The second-order valence-corrected chi connectivity index (χ2v) is 15.2. The number of furan rings is 1. The summed E-state index contributed by atoms with van der Waals surface area (Å²) < 4.78 is 6.40. The Labute approximate surface area is 324 Å². The maximum absolute atomic E-state index is 6.40. The molecule has 0 saturated carbocycles. The minimum atomic E-state index is -0.0738. The minimum Gasteiger partial charge on any atom is -0.455 e. The molecule has 0 saturated heterocycles. The molecule has 11 rings (SSSR count). The molecule has 0 aliphatic heterocycles. The first-order chi connectivity index (χ1) is 27.5. The van der Waals surface area contributed by atoms with Gasteiger partial charge >= 0.3 is 0 Å². The van der Waals surface area contributed by atoms with Crippen molar-refractivity contribution in [1.29, 1.82) is 0 Å². The smallest absolute Gasteiger partial charge is 0.167 e. The van der Waals surface area contributed by atoms with Gasteiger partial charge in [-0.3, -0.25) is 0 Å². The average molecular weight is 718 g/mol. The summed E-state index contributed by atoms with van der Waals surface area (Å²) >= 11 is 0. The number of hydrogen-bond acceptors (Lipinski definition) is 4. The molecule has 4 nitrogen and oxygen atoms in total. The van der Waals surface area contributed by atoms with E-state index in [4.69, 9.17) is 19.4 Å². The summed E-state index contributed by atoms with van der Waals surface area (Å²) in [4.78, 5) is 15.1. The molecule has 0 bridgehead atoms. The van der Waals surface area contributed by atoms with Crippen LogP contribution in [0.15, 0.2) is 180 Å². The van der Waals surface area contributed by atoms with Gasteiger partial charge in [0.2, 0.25) is 0 Å². The van der Waals surface area contributed by atoms with Crippen LogP contribution >= 0.6 is 0 Å². The lowest BCUT2D eigenvalue weighted by Gasteiger charge is -2.23. The Hall–Kier alpha value is -7.17. The molecule has 0 atom stereocenters. The van der Waals surface area contributed by atoms with Gasteiger partial charge in [0.25, 0.3) is 0 Å². The van der Waals surface area contributed by atoms with Gasteiger partial charge in [0.1, 0.15) is 11.2 Å². The molecule has 0 spiro atoms. The molecule has 0 amide bonds. The van der Waals surface area contributed by atoms with Crippen LogP contribution in [0.4, 0.5) is 0 Å². The maximum atomic E-state index is 6.40. The number of nitrogens with zero attached hydrogens (tertiary/aromatic N) is 3. The molecule has 56 heavy (non-hydrogen) atoms. The lowest BCUT2D eigenvalue weighted by molar-refractivity contribution is 0.666. The summed E-state index contributed by atoms with van der Waals surface area (Å²) in [5.41, 5.74) is 14.4. The van der Waals surface area contributed by atoms with E-state index in [1.54, 1.807) is 0 Å². The lowest BCUT2D eigenvalue weighted by Crippen LogP contribution is -2.15. The molecule has 2 heterocycles. The normalized spacial score (nSPS) is 13.0. The Kier molecular flexibility index (Phi) is 7.17. The Morgan fingerprint density at radius 1 is 0.393 bits per heavy atom. The monoisotopic (exact) mass is 717 g/mol. The Bertz CT molecular complexity index is 3160. The molecule has 8 aromatic carbocycles. The molecule has 0 fully saturated rings. The van der Waals surface area contributed by atoms with Gasteiger partial charge in [0, 0.05) is 27.3 Å². The molecule has 0 N–H and O–H groups in total. The zero-order chi connectivity index (χ0) is 37.4. The average Bonchev–Trinajstić information content (AvgIpc) is 3.76. The predicted octanol–water partition coefficient (Wildman–Crippen LogP) is 13.6. The first kappa shape index (κ1) is 32.3. The van der Waals surface area contributed by atoms with Gasteiger partial charge in [0.05, 0.1) is 5.56 Å². The van der Waals surface area contributed by atoms with Crippen LogP contribution in [0.1, 0.15) is 25.0 Å². The molecule has 1 aliphatic carbocycles. The molecular weight excluding hydrogens is 683 g/mol. The third-order valence-electron chi connectivity index (χ3n) is 11.5. The zero-order valence-corrected chi connectivity index (χ0v) is 31.0. The number of hydrogen-bond donors (Lipinski definition) is 0. The summed E-state index contributed by atoms with van der Waals surface area (Å²) in [6.45, 7) is 4.71. The molecular formula is C52H35N3O. The van der Waals surface area contributed by atoms with E-state index in [0.29, 0.717) is 17.5 Å². The molecule has 0 unspecified atom stereocenters. The third-order valence-corrected chi connectivity index (χ3v) is 11.5. The fourth-order valence-corrected chi connectivity index (χ4v) is 8.75. The number of para-hydroxylation sites is 2. The minimum absolute atomic E-state index is 0.0738. The number of benzene rings is 8. The number of aromatic nitrogens is 3. The van der Waals surface area contributed by atoms with Crippen molar-refractivity contribution in [3.05, 3.63) is 187 Å². The van der Waals surface area contributed by atoms with E-state index in [1.807, 2.05) is 60.7 Å². The Morgan fingerprint density at radius 3 is 1.80 bits per heavy atom. The molecule has 2 aromatic heterocycles. The van der Waals surface area contributed by atoms with Gasteiger partial charge < -0.3 is 4.42 Å². The first-order valence-electron chi connectivity index (χ1n) is 19.1. The van der Waals surface area contributed by atoms with Crippen molar-refractivity contribution in [2.45, 2.75) is 19.3 Å². The van der Waals surface area contributed by atoms with E-state index in [9.17, 15) is 0 Å². The summed E-state index contributed by atoms with van der Waals surface area (Å²) in [7, 11) is 0. The highest BCUT2D eigenvalue weighted by Gasteiger charge is 2.36. The zero-order valence-electron chi connectivity index (χ0n) is 31.0. The van der Waals surface area contributed by atoms with Crippen molar-refractivity contribution in [3.8, 4) is 67.5 Å². The number of rotatable bonds is 5. The van der Waals surface area contributed by atoms with Crippen LogP contribution in [0, 0.1) is 0 Å². The van der Waals surface area contributed by atoms with Crippen LogP contribution < -0.4 is 0 Å². The van der Waals surface area contributed by atoms with Crippen LogP contribution in [0.2, 0.25) is 0 Å². The van der Waals surface area contributed by atoms with Gasteiger partial charge in [0.15, 0.2) is 17.5 Å². The van der Waals surface area contributed by atoms with Crippen molar-refractivity contribution >= 4 is 32.7 Å². The first-order valence-corrected chi connectivity index (χ1v) is 19.1. The number of fused-ring (bicyclic) bond motifs is 8. The Morgan fingerprint density at radius 2 is 0.964 bits per heavy atom. The highest BCUT2D eigenvalue weighted by atomic mass is 16.3. The van der Waals surface area contributed by atoms with Crippen LogP contribution in [0.3, 0.4) is 0 Å². The van der Waals surface area contributed by atoms with Gasteiger partial charge in [-0.1, -0.05) is 166 Å². The van der Waals surface area contributed by atoms with Crippen molar-refractivity contribution in [3.63, 3.8) is 0 Å². The topological polar surface area (TPSA) is 51.8 Å². The van der Waals surface area contributed by atoms with E-state index in [2.05, 4.69) is 129 Å². The van der Waals surface area contributed by atoms with Crippen LogP contribution in [-0.4, -0.2) is 15.0 Å². The largest absolute Gasteiger partial charge is 0.455 e. The predicted molar refractivity (Wildman–Crippen MR) is 229 cm³/mol. The van der Waals surface area contributed by atoms with E-state index in [1.165, 1.54) is 44.2 Å². The maximum Gasteiger partial charge on any atom is 0.167 e. The second kappa shape index (κ2) is 12.4. The third kappa shape index (κ3) is 5.10. The van der Waals surface area contributed by atoms with E-state index in [0.717, 1.165) is 49.8 Å². The van der Waals surface area contributed by atoms with Crippen molar-refractivity contribution in [1.82, 2.24) is 15.0 Å². The molecule has 0 radical (unpaired) electrons. The van der Waals surface area contributed by atoms with Crippen LogP contribution in [0.25, 0.3) is 100 Å². The van der Waals surface area contributed by atoms with Gasteiger partial charge in [-0.2, -0.15) is 0 Å². The summed E-state index contributed by atoms with van der Waals surface area (Å²) in [6.07, 6.45) is 0. The summed E-state index contributed by atoms with van der Waals surface area (Å²) in [5, 5.41) is 4.70. The van der Waals surface area contributed by atoms with E-state index >= 15 is 0 Å². The molecule has 264 valence electrons. The van der Waals surface area contributed by atoms with E-state index in [-0.39, 0.29) is 5.41 Å². The molecule has 10 aromatic rings. The standard InChI is InChI=1S/C52H35N3O/c1-52(2)45-20-8-6-16-39(45)41-29-28-33-24-27-38(31-44(33)47(41)52)37-15-10-14-36(30-37)32-22-25-35(26-23-32)50-53-49(34-12-4-3-5-13-34)54-51(55-50)43-19-11-18-42-40-17-7-9-21-46(40)56-48(42)43/h3-31H,1-2H3. The van der Waals surface area contributed by atoms with Gasteiger partial charge in [-0.25, -0.2) is 15.0 Å². The van der Waals surface area contributed by atoms with Crippen LogP contribution in [0.5, 0.6) is 0 Å². The SMILES string of the molecule is CC1(C)c2ccccc2-c2ccc3ccc(-c4cccc(-c5ccc(-c6nc(-c7ccccc7)nc(-c7cccc8c7oc7ccccc78)n6)cc5)c4)cc3c21. The highest BCUT2D eigenvalue weighted by Crippen LogP contribution is 2.51.